The third-order valence-electron chi connectivity index (χ3n) is 4.03. The number of hydrogen-bond acceptors (Lipinski definition) is 5. The van der Waals surface area contributed by atoms with E-state index in [1.165, 1.54) is 18.2 Å². The molecule has 0 bridgehead atoms. The van der Waals surface area contributed by atoms with Gasteiger partial charge in [0.25, 0.3) is 5.91 Å². The van der Waals surface area contributed by atoms with Gasteiger partial charge in [0.2, 0.25) is 10.0 Å². The molecule has 1 amide bonds. The van der Waals surface area contributed by atoms with E-state index in [0.717, 1.165) is 5.56 Å². The van der Waals surface area contributed by atoms with E-state index in [4.69, 9.17) is 21.1 Å². The first-order valence-electron chi connectivity index (χ1n) is 9.01. The van der Waals surface area contributed by atoms with Gasteiger partial charge in [0, 0.05) is 19.2 Å². The molecule has 2 N–H and O–H groups in total. The van der Waals surface area contributed by atoms with Crippen LogP contribution in [0.25, 0.3) is 0 Å². The molecule has 2 atom stereocenters. The van der Waals surface area contributed by atoms with Gasteiger partial charge in [-0.15, -0.1) is 0 Å². The zero-order valence-electron chi connectivity index (χ0n) is 16.5. The molecule has 0 aliphatic heterocycles. The molecule has 7 nitrogen and oxygen atoms in total. The molecule has 29 heavy (non-hydrogen) atoms. The van der Waals surface area contributed by atoms with Crippen LogP contribution in [0, 0.1) is 0 Å². The zero-order valence-corrected chi connectivity index (χ0v) is 18.1. The fourth-order valence-electron chi connectivity index (χ4n) is 2.63. The first kappa shape index (κ1) is 23.2. The van der Waals surface area contributed by atoms with Crippen LogP contribution in [-0.4, -0.2) is 40.7 Å². The Hall–Kier alpha value is -2.13. The number of carbonyl (C=O) groups is 1. The first-order valence-corrected chi connectivity index (χ1v) is 10.9. The van der Waals surface area contributed by atoms with Crippen molar-refractivity contribution in [1.29, 1.82) is 0 Å². The summed E-state index contributed by atoms with van der Waals surface area (Å²) in [6, 6.07) is 12.8. The second-order valence-electron chi connectivity index (χ2n) is 6.56. The van der Waals surface area contributed by atoms with Crippen LogP contribution in [0.2, 0.25) is 5.02 Å². The summed E-state index contributed by atoms with van der Waals surface area (Å²) in [4.78, 5) is 11.9. The Balaban J connectivity index is 2.01. The van der Waals surface area contributed by atoms with E-state index < -0.39 is 16.1 Å². The van der Waals surface area contributed by atoms with Gasteiger partial charge in [0.15, 0.2) is 6.61 Å². The average molecular weight is 441 g/mol. The second kappa shape index (κ2) is 10.6. The lowest BCUT2D eigenvalue weighted by atomic mass is 10.1. The van der Waals surface area contributed by atoms with Gasteiger partial charge in [-0.1, -0.05) is 41.9 Å². The largest absolute Gasteiger partial charge is 0.482 e. The first-order chi connectivity index (χ1) is 13.7. The fourth-order valence-corrected chi connectivity index (χ4v) is 4.19. The van der Waals surface area contributed by atoms with Gasteiger partial charge in [0.1, 0.15) is 5.75 Å². The highest BCUT2D eigenvalue weighted by atomic mass is 35.5. The van der Waals surface area contributed by atoms with Gasteiger partial charge in [-0.3, -0.25) is 4.79 Å². The second-order valence-corrected chi connectivity index (χ2v) is 8.68. The molecule has 0 unspecified atom stereocenters. The number of amides is 1. The van der Waals surface area contributed by atoms with Crippen molar-refractivity contribution in [3.63, 3.8) is 0 Å². The summed E-state index contributed by atoms with van der Waals surface area (Å²) < 4.78 is 38.2. The zero-order chi connectivity index (χ0) is 21.4. The van der Waals surface area contributed by atoms with Crippen LogP contribution < -0.4 is 14.8 Å². The van der Waals surface area contributed by atoms with Crippen LogP contribution in [0.15, 0.2) is 53.4 Å². The Labute approximate surface area is 176 Å². The molecule has 2 aromatic carbocycles. The Morgan fingerprint density at radius 2 is 1.83 bits per heavy atom. The summed E-state index contributed by atoms with van der Waals surface area (Å²) in [5.41, 5.74) is 0.843. The number of nitrogens with one attached hydrogen (secondary N) is 2. The molecule has 0 spiro atoms. The van der Waals surface area contributed by atoms with Crippen LogP contribution >= 0.6 is 11.6 Å². The molecule has 2 rings (SSSR count). The maximum atomic E-state index is 12.6. The van der Waals surface area contributed by atoms with Gasteiger partial charge < -0.3 is 14.8 Å². The van der Waals surface area contributed by atoms with Crippen molar-refractivity contribution < 1.29 is 22.7 Å². The van der Waals surface area contributed by atoms with Crippen LogP contribution in [0.5, 0.6) is 5.75 Å². The normalized spacial score (nSPS) is 13.5. The number of benzene rings is 2. The Bertz CT molecular complexity index is 922. The SMILES string of the molecule is COC[C@H](C)NC(=O)COc1ccc(S(=O)(=O)N[C@H](C)c2ccccc2)cc1Cl. The molecule has 0 aliphatic carbocycles. The van der Waals surface area contributed by atoms with Crippen molar-refractivity contribution in [3.05, 3.63) is 59.1 Å². The van der Waals surface area contributed by atoms with Gasteiger partial charge in [0.05, 0.1) is 16.5 Å². The van der Waals surface area contributed by atoms with E-state index in [-0.39, 0.29) is 34.2 Å². The van der Waals surface area contributed by atoms with Gasteiger partial charge in [-0.2, -0.15) is 0 Å². The van der Waals surface area contributed by atoms with Crippen LogP contribution in [0.4, 0.5) is 0 Å². The van der Waals surface area contributed by atoms with E-state index >= 15 is 0 Å². The quantitative estimate of drug-likeness (QED) is 0.592. The van der Waals surface area contributed by atoms with Crippen molar-refractivity contribution in [2.45, 2.75) is 30.8 Å². The molecule has 158 valence electrons. The lowest BCUT2D eigenvalue weighted by Crippen LogP contribution is -2.38. The number of carbonyl (C=O) groups excluding carboxylic acids is 1. The number of sulfonamides is 1. The van der Waals surface area contributed by atoms with E-state index in [9.17, 15) is 13.2 Å². The third kappa shape index (κ3) is 7.01. The molecule has 0 saturated heterocycles. The summed E-state index contributed by atoms with van der Waals surface area (Å²) in [7, 11) is -2.24. The predicted octanol–water partition coefficient (Wildman–Crippen LogP) is 2.91. The predicted molar refractivity (Wildman–Crippen MR) is 112 cm³/mol. The number of ether oxygens (including phenoxy) is 2. The van der Waals surface area contributed by atoms with E-state index in [1.54, 1.807) is 21.0 Å². The Morgan fingerprint density at radius 3 is 2.45 bits per heavy atom. The lowest BCUT2D eigenvalue weighted by Gasteiger charge is -2.16. The number of rotatable bonds is 10. The van der Waals surface area contributed by atoms with Crippen molar-refractivity contribution >= 4 is 27.5 Å². The lowest BCUT2D eigenvalue weighted by molar-refractivity contribution is -0.124. The van der Waals surface area contributed by atoms with Gasteiger partial charge in [-0.05, 0) is 37.6 Å². The highest BCUT2D eigenvalue weighted by Crippen LogP contribution is 2.28. The number of halogens is 1. The summed E-state index contributed by atoms with van der Waals surface area (Å²) in [5, 5.41) is 2.80. The van der Waals surface area contributed by atoms with Crippen molar-refractivity contribution in [2.24, 2.45) is 0 Å². The maximum Gasteiger partial charge on any atom is 0.258 e. The van der Waals surface area contributed by atoms with Gasteiger partial charge in [-0.25, -0.2) is 13.1 Å². The summed E-state index contributed by atoms with van der Waals surface area (Å²) in [6.07, 6.45) is 0. The standard InChI is InChI=1S/C20H25ClN2O5S/c1-14(12-27-3)22-20(24)13-28-19-10-9-17(11-18(19)21)29(25,26)23-15(2)16-7-5-4-6-8-16/h4-11,14-15,23H,12-13H2,1-3H3,(H,22,24)/t14-,15+/m0/s1. The molecular weight excluding hydrogens is 416 g/mol. The average Bonchev–Trinajstić information content (AvgIpc) is 2.67. The van der Waals surface area contributed by atoms with Crippen LogP contribution in [-0.2, 0) is 19.6 Å². The molecule has 0 fully saturated rings. The minimum atomic E-state index is -3.78. The molecule has 0 aliphatic rings. The monoisotopic (exact) mass is 440 g/mol. The van der Waals surface area contributed by atoms with Crippen LogP contribution in [0.3, 0.4) is 0 Å². The van der Waals surface area contributed by atoms with Crippen molar-refractivity contribution in [2.75, 3.05) is 20.3 Å². The maximum absolute atomic E-state index is 12.6. The van der Waals surface area contributed by atoms with E-state index in [0.29, 0.717) is 6.61 Å². The summed E-state index contributed by atoms with van der Waals surface area (Å²) in [6.45, 7) is 3.70. The Morgan fingerprint density at radius 1 is 1.14 bits per heavy atom. The van der Waals surface area contributed by atoms with Crippen molar-refractivity contribution in [1.82, 2.24) is 10.0 Å². The highest BCUT2D eigenvalue weighted by Gasteiger charge is 2.20. The number of hydrogen-bond donors (Lipinski definition) is 2. The Kier molecular flexibility index (Phi) is 8.45. The molecular formula is C20H25ClN2O5S. The van der Waals surface area contributed by atoms with Gasteiger partial charge >= 0.3 is 0 Å². The van der Waals surface area contributed by atoms with E-state index in [2.05, 4.69) is 10.0 Å². The fraction of sp³-hybridized carbons (Fsp3) is 0.350. The molecule has 9 heteroatoms. The molecule has 0 aromatic heterocycles. The molecule has 2 aromatic rings. The van der Waals surface area contributed by atoms with Crippen molar-refractivity contribution in [3.8, 4) is 5.75 Å². The molecule has 0 radical (unpaired) electrons. The summed E-state index contributed by atoms with van der Waals surface area (Å²) in [5.74, 6) is -0.114. The topological polar surface area (TPSA) is 93.7 Å². The minimum Gasteiger partial charge on any atom is -0.482 e. The molecule has 0 saturated carbocycles. The highest BCUT2D eigenvalue weighted by molar-refractivity contribution is 7.89. The molecule has 0 heterocycles. The third-order valence-corrected chi connectivity index (χ3v) is 5.86. The summed E-state index contributed by atoms with van der Waals surface area (Å²) >= 11 is 6.16. The van der Waals surface area contributed by atoms with E-state index in [1.807, 2.05) is 30.3 Å². The number of methoxy groups -OCH3 is 1. The van der Waals surface area contributed by atoms with Crippen LogP contribution in [0.1, 0.15) is 25.5 Å². The minimum absolute atomic E-state index is 0.01000. The smallest absolute Gasteiger partial charge is 0.258 e.